The van der Waals surface area contributed by atoms with E-state index in [1.54, 1.807) is 0 Å². The Labute approximate surface area is 149 Å². The summed E-state index contributed by atoms with van der Waals surface area (Å²) in [4.78, 5) is 25.6. The Morgan fingerprint density at radius 3 is 2.48 bits per heavy atom. The molecule has 25 heavy (non-hydrogen) atoms. The van der Waals surface area contributed by atoms with E-state index in [1.807, 2.05) is 35.2 Å². The standard InChI is InChI=1S/C20H28N2O3/c23-19(24)10-9-18(12-15-5-2-1-3-6-15)21-20(25)22-13-16-7-4-8-17(11-16)14-22/h1-3,5-6,16-18H,4,7-14H2,(H,21,25)(H,23,24). The number of fused-ring (bicyclic) bond motifs is 2. The fourth-order valence-corrected chi connectivity index (χ4v) is 4.29. The molecule has 1 aliphatic carbocycles. The van der Waals surface area contributed by atoms with E-state index in [9.17, 15) is 9.59 Å². The van der Waals surface area contributed by atoms with E-state index in [2.05, 4.69) is 5.32 Å². The zero-order valence-corrected chi connectivity index (χ0v) is 14.7. The van der Waals surface area contributed by atoms with Crippen molar-refractivity contribution in [1.82, 2.24) is 10.2 Å². The lowest BCUT2D eigenvalue weighted by atomic mass is 9.78. The summed E-state index contributed by atoms with van der Waals surface area (Å²) in [6, 6.07) is 9.77. The summed E-state index contributed by atoms with van der Waals surface area (Å²) in [5.41, 5.74) is 1.12. The van der Waals surface area contributed by atoms with E-state index >= 15 is 0 Å². The molecule has 1 heterocycles. The lowest BCUT2D eigenvalue weighted by Gasteiger charge is -2.41. The van der Waals surface area contributed by atoms with Crippen LogP contribution in [0.4, 0.5) is 4.79 Å². The number of benzene rings is 1. The second kappa shape index (κ2) is 8.37. The fraction of sp³-hybridized carbons (Fsp3) is 0.600. The topological polar surface area (TPSA) is 69.6 Å². The first-order chi connectivity index (χ1) is 12.1. The lowest BCUT2D eigenvalue weighted by molar-refractivity contribution is -0.137. The van der Waals surface area contributed by atoms with E-state index in [0.717, 1.165) is 18.7 Å². The molecule has 3 atom stereocenters. The third-order valence-electron chi connectivity index (χ3n) is 5.49. The first kappa shape index (κ1) is 17.8. The second-order valence-corrected chi connectivity index (χ2v) is 7.57. The number of carbonyl (C=O) groups is 2. The van der Waals surface area contributed by atoms with Crippen LogP contribution >= 0.6 is 0 Å². The van der Waals surface area contributed by atoms with Crippen LogP contribution in [0.3, 0.4) is 0 Å². The van der Waals surface area contributed by atoms with E-state index in [-0.39, 0.29) is 18.5 Å². The van der Waals surface area contributed by atoms with E-state index < -0.39 is 5.97 Å². The minimum Gasteiger partial charge on any atom is -0.481 e. The van der Waals surface area contributed by atoms with Gasteiger partial charge >= 0.3 is 12.0 Å². The fourth-order valence-electron chi connectivity index (χ4n) is 4.29. The van der Waals surface area contributed by atoms with Gasteiger partial charge in [-0.2, -0.15) is 0 Å². The van der Waals surface area contributed by atoms with Crippen molar-refractivity contribution < 1.29 is 14.7 Å². The van der Waals surface area contributed by atoms with Gasteiger partial charge in [-0.15, -0.1) is 0 Å². The maximum absolute atomic E-state index is 12.7. The SMILES string of the molecule is O=C(O)CCC(Cc1ccccc1)NC(=O)N1CC2CCCC(C2)C1. The summed E-state index contributed by atoms with van der Waals surface area (Å²) in [6.07, 6.45) is 6.20. The number of hydrogen-bond donors (Lipinski definition) is 2. The second-order valence-electron chi connectivity index (χ2n) is 7.57. The molecule has 2 amide bonds. The van der Waals surface area contributed by atoms with E-state index in [1.165, 1.54) is 25.7 Å². The molecule has 1 saturated carbocycles. The highest BCUT2D eigenvalue weighted by Gasteiger charge is 2.33. The highest BCUT2D eigenvalue weighted by atomic mass is 16.4. The highest BCUT2D eigenvalue weighted by Crippen LogP contribution is 2.34. The number of carbonyl (C=O) groups excluding carboxylic acids is 1. The predicted molar refractivity (Wildman–Crippen MR) is 96.4 cm³/mol. The number of nitrogens with one attached hydrogen (secondary N) is 1. The molecule has 2 N–H and O–H groups in total. The Kier molecular flexibility index (Phi) is 5.95. The number of aliphatic carboxylic acids is 1. The van der Waals surface area contributed by atoms with Crippen molar-refractivity contribution in [3.8, 4) is 0 Å². The molecular formula is C20H28N2O3. The summed E-state index contributed by atoms with van der Waals surface area (Å²) in [5, 5.41) is 12.1. The van der Waals surface area contributed by atoms with Crippen molar-refractivity contribution >= 4 is 12.0 Å². The highest BCUT2D eigenvalue weighted by molar-refractivity contribution is 5.75. The van der Waals surface area contributed by atoms with Gasteiger partial charge in [0.25, 0.3) is 0 Å². The Morgan fingerprint density at radius 1 is 1.16 bits per heavy atom. The number of urea groups is 1. The molecule has 5 nitrogen and oxygen atoms in total. The van der Waals surface area contributed by atoms with Gasteiger partial charge in [0.05, 0.1) is 0 Å². The third kappa shape index (κ3) is 5.21. The van der Waals surface area contributed by atoms with Crippen molar-refractivity contribution in [3.63, 3.8) is 0 Å². The first-order valence-corrected chi connectivity index (χ1v) is 9.41. The molecule has 1 saturated heterocycles. The molecule has 1 aromatic rings. The Bertz CT molecular complexity index is 578. The molecule has 2 bridgehead atoms. The van der Waals surface area contributed by atoms with Crippen molar-refractivity contribution in [2.45, 2.75) is 51.0 Å². The molecule has 136 valence electrons. The number of carboxylic acids is 1. The van der Waals surface area contributed by atoms with Crippen LogP contribution in [0, 0.1) is 11.8 Å². The summed E-state index contributed by atoms with van der Waals surface area (Å²) >= 11 is 0. The Morgan fingerprint density at radius 2 is 1.84 bits per heavy atom. The molecule has 0 aromatic heterocycles. The molecule has 0 radical (unpaired) electrons. The van der Waals surface area contributed by atoms with Gasteiger partial charge in [0, 0.05) is 25.6 Å². The molecule has 1 aromatic carbocycles. The maximum atomic E-state index is 12.7. The third-order valence-corrected chi connectivity index (χ3v) is 5.49. The maximum Gasteiger partial charge on any atom is 0.317 e. The van der Waals surface area contributed by atoms with Crippen molar-refractivity contribution in [3.05, 3.63) is 35.9 Å². The van der Waals surface area contributed by atoms with Crippen molar-refractivity contribution in [2.24, 2.45) is 11.8 Å². The van der Waals surface area contributed by atoms with Gasteiger partial charge in [0.2, 0.25) is 0 Å². The number of likely N-dealkylation sites (tertiary alicyclic amines) is 1. The molecule has 2 fully saturated rings. The smallest absolute Gasteiger partial charge is 0.317 e. The first-order valence-electron chi connectivity index (χ1n) is 9.41. The number of carboxylic acid groups (broad SMARTS) is 1. The zero-order chi connectivity index (χ0) is 17.6. The van der Waals surface area contributed by atoms with Crippen LogP contribution in [-0.2, 0) is 11.2 Å². The minimum atomic E-state index is -0.820. The zero-order valence-electron chi connectivity index (χ0n) is 14.7. The molecule has 3 unspecified atom stereocenters. The van der Waals surface area contributed by atoms with Gasteiger partial charge in [-0.05, 0) is 49.5 Å². The summed E-state index contributed by atoms with van der Waals surface area (Å²) in [7, 11) is 0. The minimum absolute atomic E-state index is 0.0251. The van der Waals surface area contributed by atoms with Gasteiger partial charge < -0.3 is 15.3 Å². The molecule has 2 aliphatic rings. The van der Waals surface area contributed by atoms with E-state index in [4.69, 9.17) is 5.11 Å². The molecule has 0 spiro atoms. The van der Waals surface area contributed by atoms with Crippen molar-refractivity contribution in [1.29, 1.82) is 0 Å². The Hall–Kier alpha value is -2.04. The number of rotatable bonds is 6. The molecule has 5 heteroatoms. The van der Waals surface area contributed by atoms with Crippen LogP contribution in [0.25, 0.3) is 0 Å². The summed E-state index contributed by atoms with van der Waals surface area (Å²) < 4.78 is 0. The lowest BCUT2D eigenvalue weighted by Crippen LogP contribution is -2.52. The predicted octanol–water partition coefficient (Wildman–Crippen LogP) is 3.29. The normalized spacial score (nSPS) is 23.8. The average Bonchev–Trinajstić information content (AvgIpc) is 2.60. The van der Waals surface area contributed by atoms with Gasteiger partial charge in [0.15, 0.2) is 0 Å². The molecular weight excluding hydrogens is 316 g/mol. The largest absolute Gasteiger partial charge is 0.481 e. The summed E-state index contributed by atoms with van der Waals surface area (Å²) in [5.74, 6) is 0.467. The van der Waals surface area contributed by atoms with E-state index in [0.29, 0.717) is 24.7 Å². The van der Waals surface area contributed by atoms with Crippen molar-refractivity contribution in [2.75, 3.05) is 13.1 Å². The van der Waals surface area contributed by atoms with Crippen LogP contribution < -0.4 is 5.32 Å². The number of piperidine rings is 1. The van der Waals surface area contributed by atoms with Crippen LogP contribution in [0.15, 0.2) is 30.3 Å². The summed E-state index contributed by atoms with van der Waals surface area (Å²) in [6.45, 7) is 1.69. The monoisotopic (exact) mass is 344 g/mol. The van der Waals surface area contributed by atoms with Gasteiger partial charge in [-0.1, -0.05) is 36.8 Å². The Balaban J connectivity index is 1.60. The van der Waals surface area contributed by atoms with Gasteiger partial charge in [0.1, 0.15) is 0 Å². The van der Waals surface area contributed by atoms with Crippen LogP contribution in [0.5, 0.6) is 0 Å². The van der Waals surface area contributed by atoms with Crippen LogP contribution in [0.2, 0.25) is 0 Å². The average molecular weight is 344 g/mol. The number of amides is 2. The quantitative estimate of drug-likeness (QED) is 0.832. The van der Waals surface area contributed by atoms with Gasteiger partial charge in [-0.25, -0.2) is 4.79 Å². The van der Waals surface area contributed by atoms with Gasteiger partial charge in [-0.3, -0.25) is 4.79 Å². The molecule has 3 rings (SSSR count). The number of nitrogens with zero attached hydrogens (tertiary/aromatic N) is 1. The number of hydrogen-bond acceptors (Lipinski definition) is 2. The van der Waals surface area contributed by atoms with Crippen LogP contribution in [0.1, 0.15) is 44.1 Å². The van der Waals surface area contributed by atoms with Crippen LogP contribution in [-0.4, -0.2) is 41.1 Å². The molecule has 1 aliphatic heterocycles.